The van der Waals surface area contributed by atoms with E-state index in [1.54, 1.807) is 0 Å². The van der Waals surface area contributed by atoms with Gasteiger partial charge in [0.25, 0.3) is 5.91 Å². The van der Waals surface area contributed by atoms with Crippen LogP contribution in [0.3, 0.4) is 0 Å². The van der Waals surface area contributed by atoms with Crippen molar-refractivity contribution < 1.29 is 23.5 Å². The highest BCUT2D eigenvalue weighted by molar-refractivity contribution is 6.36. The summed E-state index contributed by atoms with van der Waals surface area (Å²) in [5.74, 6) is -2.61. The Morgan fingerprint density at radius 1 is 1.24 bits per heavy atom. The molecule has 1 heterocycles. The van der Waals surface area contributed by atoms with Gasteiger partial charge in [0.15, 0.2) is 0 Å². The van der Waals surface area contributed by atoms with Gasteiger partial charge in [-0.3, -0.25) is 4.79 Å². The van der Waals surface area contributed by atoms with Gasteiger partial charge in [0.2, 0.25) is 5.76 Å². The lowest BCUT2D eigenvalue weighted by Gasteiger charge is -2.06. The number of nitrogens with one attached hydrogen (secondary N) is 1. The Balaban J connectivity index is 2.08. The zero-order valence-corrected chi connectivity index (χ0v) is 11.8. The maximum Gasteiger partial charge on any atom is 0.371 e. The van der Waals surface area contributed by atoms with E-state index >= 15 is 0 Å². The molecule has 21 heavy (non-hydrogen) atoms. The fraction of sp³-hybridized carbons (Fsp3) is 0.0769. The molecule has 110 valence electrons. The van der Waals surface area contributed by atoms with Crippen molar-refractivity contribution in [3.8, 4) is 0 Å². The molecule has 2 N–H and O–H groups in total. The summed E-state index contributed by atoms with van der Waals surface area (Å²) in [4.78, 5) is 22.5. The molecule has 0 saturated carbocycles. The zero-order valence-electron chi connectivity index (χ0n) is 10.3. The molecule has 0 aliphatic carbocycles. The second-order valence-electron chi connectivity index (χ2n) is 4.00. The van der Waals surface area contributed by atoms with E-state index in [1.807, 2.05) is 0 Å². The molecule has 1 aromatic carbocycles. The lowest BCUT2D eigenvalue weighted by Crippen LogP contribution is -2.23. The number of carbonyl (C=O) groups is 2. The Hall–Kier alpha value is -2.05. The minimum atomic E-state index is -1.21. The molecule has 0 saturated heterocycles. The average molecular weight is 332 g/mol. The van der Waals surface area contributed by atoms with Crippen molar-refractivity contribution in [2.75, 3.05) is 0 Å². The number of furan rings is 1. The third-order valence-corrected chi connectivity index (χ3v) is 3.15. The first kappa shape index (κ1) is 15.3. The SMILES string of the molecule is O=C(O)c1ccc(CNC(=O)c2cc(F)c(Cl)cc2Cl)o1. The van der Waals surface area contributed by atoms with Gasteiger partial charge in [0, 0.05) is 0 Å². The minimum Gasteiger partial charge on any atom is -0.475 e. The quantitative estimate of drug-likeness (QED) is 0.842. The summed E-state index contributed by atoms with van der Waals surface area (Å²) in [6.07, 6.45) is 0. The van der Waals surface area contributed by atoms with Crippen LogP contribution in [0.1, 0.15) is 26.7 Å². The van der Waals surface area contributed by atoms with E-state index in [9.17, 15) is 14.0 Å². The number of benzene rings is 1. The van der Waals surface area contributed by atoms with Gasteiger partial charge in [0.05, 0.1) is 22.2 Å². The van der Waals surface area contributed by atoms with Gasteiger partial charge in [0.1, 0.15) is 11.6 Å². The van der Waals surface area contributed by atoms with Crippen LogP contribution in [0.5, 0.6) is 0 Å². The van der Waals surface area contributed by atoms with Crippen molar-refractivity contribution in [1.29, 1.82) is 0 Å². The van der Waals surface area contributed by atoms with Crippen molar-refractivity contribution in [3.05, 3.63) is 57.2 Å². The van der Waals surface area contributed by atoms with Crippen molar-refractivity contribution in [1.82, 2.24) is 5.32 Å². The molecule has 2 rings (SSSR count). The van der Waals surface area contributed by atoms with E-state index in [-0.39, 0.29) is 33.7 Å². The fourth-order valence-electron chi connectivity index (χ4n) is 1.55. The van der Waals surface area contributed by atoms with Gasteiger partial charge in [-0.25, -0.2) is 9.18 Å². The molecule has 0 aliphatic rings. The summed E-state index contributed by atoms with van der Waals surface area (Å²) in [6, 6.07) is 4.72. The number of carboxylic acid groups (broad SMARTS) is 1. The highest BCUT2D eigenvalue weighted by Gasteiger charge is 2.15. The van der Waals surface area contributed by atoms with Gasteiger partial charge in [-0.15, -0.1) is 0 Å². The average Bonchev–Trinajstić information content (AvgIpc) is 2.89. The van der Waals surface area contributed by atoms with E-state index < -0.39 is 17.7 Å². The molecule has 0 bridgehead atoms. The van der Waals surface area contributed by atoms with E-state index in [1.165, 1.54) is 12.1 Å². The summed E-state index contributed by atoms with van der Waals surface area (Å²) < 4.78 is 18.3. The number of rotatable bonds is 4. The van der Waals surface area contributed by atoms with Gasteiger partial charge >= 0.3 is 5.97 Å². The Morgan fingerprint density at radius 3 is 2.57 bits per heavy atom. The first-order valence-electron chi connectivity index (χ1n) is 5.63. The third-order valence-electron chi connectivity index (χ3n) is 2.55. The highest BCUT2D eigenvalue weighted by atomic mass is 35.5. The summed E-state index contributed by atoms with van der Waals surface area (Å²) in [6.45, 7) is -0.0628. The topological polar surface area (TPSA) is 79.5 Å². The van der Waals surface area contributed by atoms with Crippen LogP contribution in [0.4, 0.5) is 4.39 Å². The highest BCUT2D eigenvalue weighted by Crippen LogP contribution is 2.24. The van der Waals surface area contributed by atoms with Crippen LogP contribution in [0, 0.1) is 5.82 Å². The van der Waals surface area contributed by atoms with Gasteiger partial charge in [-0.05, 0) is 24.3 Å². The Kier molecular flexibility index (Phi) is 4.50. The van der Waals surface area contributed by atoms with Crippen LogP contribution >= 0.6 is 23.2 Å². The molecule has 0 atom stereocenters. The maximum absolute atomic E-state index is 13.3. The number of amides is 1. The van der Waals surface area contributed by atoms with Crippen LogP contribution in [0.25, 0.3) is 0 Å². The van der Waals surface area contributed by atoms with E-state index in [0.29, 0.717) is 0 Å². The summed E-state index contributed by atoms with van der Waals surface area (Å²) in [5, 5.41) is 10.9. The molecule has 8 heteroatoms. The standard InChI is InChI=1S/C13H8Cl2FNO4/c14-8-4-9(15)10(16)3-7(8)12(18)17-5-6-1-2-11(21-6)13(19)20/h1-4H,5H2,(H,17,18)(H,19,20). The second-order valence-corrected chi connectivity index (χ2v) is 4.81. The Bertz CT molecular complexity index is 714. The molecule has 1 amide bonds. The number of carboxylic acids is 1. The molecule has 1 aromatic heterocycles. The molecule has 0 fully saturated rings. The second kappa shape index (κ2) is 6.15. The normalized spacial score (nSPS) is 10.4. The molecule has 2 aromatic rings. The molecule has 0 unspecified atom stereocenters. The smallest absolute Gasteiger partial charge is 0.371 e. The number of aromatic carboxylic acids is 1. The third kappa shape index (κ3) is 3.53. The summed E-state index contributed by atoms with van der Waals surface area (Å²) in [5.41, 5.74) is -0.0800. The van der Waals surface area contributed by atoms with Crippen LogP contribution in [-0.2, 0) is 6.54 Å². The first-order chi connectivity index (χ1) is 9.88. The number of carbonyl (C=O) groups excluding carboxylic acids is 1. The number of hydrogen-bond donors (Lipinski definition) is 2. The largest absolute Gasteiger partial charge is 0.475 e. The van der Waals surface area contributed by atoms with Crippen LogP contribution in [-0.4, -0.2) is 17.0 Å². The van der Waals surface area contributed by atoms with Crippen molar-refractivity contribution in [3.63, 3.8) is 0 Å². The molecular formula is C13H8Cl2FNO4. The number of halogens is 3. The maximum atomic E-state index is 13.3. The predicted octanol–water partition coefficient (Wildman–Crippen LogP) is 3.35. The van der Waals surface area contributed by atoms with Gasteiger partial charge in [-0.2, -0.15) is 0 Å². The number of hydrogen-bond acceptors (Lipinski definition) is 3. The van der Waals surface area contributed by atoms with Crippen LogP contribution in [0.15, 0.2) is 28.7 Å². The van der Waals surface area contributed by atoms with Crippen molar-refractivity contribution in [2.45, 2.75) is 6.54 Å². The van der Waals surface area contributed by atoms with E-state index in [4.69, 9.17) is 32.7 Å². The molecule has 0 spiro atoms. The molecule has 5 nitrogen and oxygen atoms in total. The van der Waals surface area contributed by atoms with Crippen LogP contribution < -0.4 is 5.32 Å². The lowest BCUT2D eigenvalue weighted by atomic mass is 10.2. The molecule has 0 aliphatic heterocycles. The van der Waals surface area contributed by atoms with Crippen LogP contribution in [0.2, 0.25) is 10.0 Å². The Labute approximate surface area is 128 Å². The van der Waals surface area contributed by atoms with Gasteiger partial charge < -0.3 is 14.8 Å². The monoisotopic (exact) mass is 331 g/mol. The van der Waals surface area contributed by atoms with E-state index in [2.05, 4.69) is 5.32 Å². The Morgan fingerprint density at radius 2 is 1.95 bits per heavy atom. The molecule has 0 radical (unpaired) electrons. The first-order valence-corrected chi connectivity index (χ1v) is 6.39. The minimum absolute atomic E-state index is 0.00423. The van der Waals surface area contributed by atoms with Gasteiger partial charge in [-0.1, -0.05) is 23.2 Å². The summed E-state index contributed by atoms with van der Waals surface area (Å²) in [7, 11) is 0. The summed E-state index contributed by atoms with van der Waals surface area (Å²) >= 11 is 11.3. The zero-order chi connectivity index (χ0) is 15.6. The predicted molar refractivity (Wildman–Crippen MR) is 73.3 cm³/mol. The van der Waals surface area contributed by atoms with Crippen molar-refractivity contribution >= 4 is 35.1 Å². The van der Waals surface area contributed by atoms with E-state index in [0.717, 1.165) is 12.1 Å². The molecular weight excluding hydrogens is 324 g/mol. The van der Waals surface area contributed by atoms with Crippen molar-refractivity contribution in [2.24, 2.45) is 0 Å². The lowest BCUT2D eigenvalue weighted by molar-refractivity contribution is 0.0660. The fourth-order valence-corrected chi connectivity index (χ4v) is 2.02.